The lowest BCUT2D eigenvalue weighted by molar-refractivity contribution is 0.288. The Morgan fingerprint density at radius 2 is 2.12 bits per heavy atom. The molecule has 1 N–H and O–H groups in total. The van der Waals surface area contributed by atoms with Crippen molar-refractivity contribution in [2.75, 3.05) is 31.5 Å². The third kappa shape index (κ3) is 3.00. The molecule has 2 heterocycles. The topological polar surface area (TPSA) is 33.1 Å². The van der Waals surface area contributed by atoms with Crippen LogP contribution in [0.15, 0.2) is 6.20 Å². The van der Waals surface area contributed by atoms with Crippen LogP contribution in [0.2, 0.25) is 0 Å². The SMILES string of the molecule is CCNc1nc(C)cn1C(C)CN1CCCC1. The molecule has 1 aliphatic rings. The molecule has 1 fully saturated rings. The molecule has 1 aliphatic heterocycles. The van der Waals surface area contributed by atoms with Crippen molar-refractivity contribution in [1.29, 1.82) is 0 Å². The Morgan fingerprint density at radius 3 is 2.76 bits per heavy atom. The van der Waals surface area contributed by atoms with E-state index in [1.54, 1.807) is 0 Å². The van der Waals surface area contributed by atoms with Gasteiger partial charge >= 0.3 is 0 Å². The molecular formula is C13H24N4. The van der Waals surface area contributed by atoms with Gasteiger partial charge in [-0.15, -0.1) is 0 Å². The molecule has 1 saturated heterocycles. The van der Waals surface area contributed by atoms with Gasteiger partial charge in [-0.2, -0.15) is 0 Å². The molecule has 17 heavy (non-hydrogen) atoms. The Bertz CT molecular complexity index is 352. The highest BCUT2D eigenvalue weighted by atomic mass is 15.2. The fraction of sp³-hybridized carbons (Fsp3) is 0.769. The third-order valence-electron chi connectivity index (χ3n) is 3.38. The fourth-order valence-electron chi connectivity index (χ4n) is 2.57. The molecule has 2 rings (SSSR count). The number of aryl methyl sites for hydroxylation is 1. The monoisotopic (exact) mass is 236 g/mol. The van der Waals surface area contributed by atoms with Crippen LogP contribution >= 0.6 is 0 Å². The van der Waals surface area contributed by atoms with Gasteiger partial charge in [0.05, 0.1) is 5.69 Å². The molecule has 1 aromatic rings. The Morgan fingerprint density at radius 1 is 1.41 bits per heavy atom. The Hall–Kier alpha value is -1.03. The van der Waals surface area contributed by atoms with Crippen molar-refractivity contribution in [2.24, 2.45) is 0 Å². The summed E-state index contributed by atoms with van der Waals surface area (Å²) in [7, 11) is 0. The van der Waals surface area contributed by atoms with Crippen LogP contribution in [-0.4, -0.2) is 40.6 Å². The first kappa shape index (κ1) is 12.4. The molecule has 0 aromatic carbocycles. The van der Waals surface area contributed by atoms with Gasteiger partial charge in [0.1, 0.15) is 0 Å². The van der Waals surface area contributed by atoms with Crippen LogP contribution in [0.1, 0.15) is 38.4 Å². The van der Waals surface area contributed by atoms with Crippen LogP contribution in [0, 0.1) is 6.92 Å². The first-order chi connectivity index (χ1) is 8.20. The van der Waals surface area contributed by atoms with Crippen molar-refractivity contribution in [3.63, 3.8) is 0 Å². The summed E-state index contributed by atoms with van der Waals surface area (Å²) in [6.45, 7) is 11.0. The van der Waals surface area contributed by atoms with E-state index in [2.05, 4.69) is 46.7 Å². The molecule has 1 atom stereocenters. The van der Waals surface area contributed by atoms with E-state index in [9.17, 15) is 0 Å². The van der Waals surface area contributed by atoms with Crippen molar-refractivity contribution >= 4 is 5.95 Å². The predicted octanol–water partition coefficient (Wildman–Crippen LogP) is 2.28. The highest BCUT2D eigenvalue weighted by molar-refractivity contribution is 5.29. The lowest BCUT2D eigenvalue weighted by Gasteiger charge is -2.22. The first-order valence-corrected chi connectivity index (χ1v) is 6.72. The molecule has 4 nitrogen and oxygen atoms in total. The molecule has 0 radical (unpaired) electrons. The Balaban J connectivity index is 2.03. The molecule has 0 saturated carbocycles. The highest BCUT2D eigenvalue weighted by Gasteiger charge is 2.17. The number of likely N-dealkylation sites (tertiary alicyclic amines) is 1. The first-order valence-electron chi connectivity index (χ1n) is 6.72. The lowest BCUT2D eigenvalue weighted by atomic mass is 10.3. The van der Waals surface area contributed by atoms with Crippen molar-refractivity contribution in [3.05, 3.63) is 11.9 Å². The molecule has 1 unspecified atom stereocenters. The number of nitrogens with zero attached hydrogens (tertiary/aromatic N) is 3. The van der Waals surface area contributed by atoms with Gasteiger partial charge in [-0.1, -0.05) is 0 Å². The summed E-state index contributed by atoms with van der Waals surface area (Å²) >= 11 is 0. The van der Waals surface area contributed by atoms with E-state index in [4.69, 9.17) is 0 Å². The van der Waals surface area contributed by atoms with Gasteiger partial charge in [0.15, 0.2) is 0 Å². The average molecular weight is 236 g/mol. The van der Waals surface area contributed by atoms with E-state index in [0.717, 1.165) is 24.7 Å². The number of nitrogens with one attached hydrogen (secondary N) is 1. The number of hydrogen-bond donors (Lipinski definition) is 1. The molecule has 96 valence electrons. The molecule has 0 amide bonds. The number of rotatable bonds is 5. The van der Waals surface area contributed by atoms with Crippen LogP contribution in [0.25, 0.3) is 0 Å². The van der Waals surface area contributed by atoms with Crippen LogP contribution in [0.3, 0.4) is 0 Å². The zero-order valence-electron chi connectivity index (χ0n) is 11.2. The van der Waals surface area contributed by atoms with E-state index in [-0.39, 0.29) is 0 Å². The smallest absolute Gasteiger partial charge is 0.203 e. The largest absolute Gasteiger partial charge is 0.356 e. The summed E-state index contributed by atoms with van der Waals surface area (Å²) in [6, 6.07) is 0.489. The van der Waals surface area contributed by atoms with Crippen molar-refractivity contribution in [3.8, 4) is 0 Å². The minimum atomic E-state index is 0.489. The molecule has 4 heteroatoms. The molecule has 1 aromatic heterocycles. The molecule has 0 bridgehead atoms. The van der Waals surface area contributed by atoms with Gasteiger partial charge in [0.2, 0.25) is 5.95 Å². The second kappa shape index (κ2) is 5.54. The van der Waals surface area contributed by atoms with Crippen LogP contribution in [0.4, 0.5) is 5.95 Å². The number of aromatic nitrogens is 2. The Labute approximate surface area is 104 Å². The average Bonchev–Trinajstić information content (AvgIpc) is 2.88. The zero-order chi connectivity index (χ0) is 12.3. The Kier molecular flexibility index (Phi) is 4.05. The predicted molar refractivity (Wildman–Crippen MR) is 71.5 cm³/mol. The standard InChI is InChI=1S/C13H24N4/c1-4-14-13-15-11(2)9-17(13)12(3)10-16-7-5-6-8-16/h9,12H,4-8,10H2,1-3H3,(H,14,15). The molecule has 0 spiro atoms. The van der Waals surface area contributed by atoms with E-state index in [0.29, 0.717) is 6.04 Å². The summed E-state index contributed by atoms with van der Waals surface area (Å²) in [4.78, 5) is 7.08. The van der Waals surface area contributed by atoms with Crippen molar-refractivity contribution in [1.82, 2.24) is 14.5 Å². The summed E-state index contributed by atoms with van der Waals surface area (Å²) in [5.74, 6) is 1.01. The minimum Gasteiger partial charge on any atom is -0.356 e. The normalized spacial score (nSPS) is 18.5. The lowest BCUT2D eigenvalue weighted by Crippen LogP contribution is -2.27. The van der Waals surface area contributed by atoms with E-state index in [1.807, 2.05) is 0 Å². The third-order valence-corrected chi connectivity index (χ3v) is 3.38. The van der Waals surface area contributed by atoms with Crippen LogP contribution in [0.5, 0.6) is 0 Å². The van der Waals surface area contributed by atoms with Crippen molar-refractivity contribution < 1.29 is 0 Å². The van der Waals surface area contributed by atoms with E-state index < -0.39 is 0 Å². The molecular weight excluding hydrogens is 212 g/mol. The minimum absolute atomic E-state index is 0.489. The highest BCUT2D eigenvalue weighted by Crippen LogP contribution is 2.19. The van der Waals surface area contributed by atoms with Gasteiger partial charge < -0.3 is 14.8 Å². The maximum absolute atomic E-state index is 4.53. The fourth-order valence-corrected chi connectivity index (χ4v) is 2.57. The summed E-state index contributed by atoms with van der Waals surface area (Å²) < 4.78 is 2.27. The number of anilines is 1. The van der Waals surface area contributed by atoms with Gasteiger partial charge in [0.25, 0.3) is 0 Å². The van der Waals surface area contributed by atoms with Gasteiger partial charge in [0, 0.05) is 25.3 Å². The summed E-state index contributed by atoms with van der Waals surface area (Å²) in [5.41, 5.74) is 1.09. The maximum Gasteiger partial charge on any atom is 0.203 e. The van der Waals surface area contributed by atoms with Gasteiger partial charge in [-0.05, 0) is 46.7 Å². The quantitative estimate of drug-likeness (QED) is 0.851. The summed E-state index contributed by atoms with van der Waals surface area (Å²) in [5, 5.41) is 3.34. The second-order valence-electron chi connectivity index (χ2n) is 5.00. The van der Waals surface area contributed by atoms with Crippen molar-refractivity contribution in [2.45, 2.75) is 39.7 Å². The van der Waals surface area contributed by atoms with E-state index in [1.165, 1.54) is 25.9 Å². The van der Waals surface area contributed by atoms with Crippen LogP contribution in [-0.2, 0) is 0 Å². The van der Waals surface area contributed by atoms with E-state index >= 15 is 0 Å². The van der Waals surface area contributed by atoms with Crippen LogP contribution < -0.4 is 5.32 Å². The molecule has 0 aliphatic carbocycles. The summed E-state index contributed by atoms with van der Waals surface area (Å²) in [6.07, 6.45) is 4.87. The number of imidazole rings is 1. The maximum atomic E-state index is 4.53. The number of hydrogen-bond acceptors (Lipinski definition) is 3. The zero-order valence-corrected chi connectivity index (χ0v) is 11.2. The second-order valence-corrected chi connectivity index (χ2v) is 5.00. The van der Waals surface area contributed by atoms with Gasteiger partial charge in [-0.3, -0.25) is 0 Å². The van der Waals surface area contributed by atoms with Gasteiger partial charge in [-0.25, -0.2) is 4.98 Å².